The first-order valence-corrected chi connectivity index (χ1v) is 7.74. The smallest absolute Gasteiger partial charge is 0.265 e. The Bertz CT molecular complexity index is 583. The van der Waals surface area contributed by atoms with E-state index in [0.29, 0.717) is 24.4 Å². The Balaban J connectivity index is 1.56. The van der Waals surface area contributed by atoms with Crippen molar-refractivity contribution in [3.8, 4) is 0 Å². The largest absolute Gasteiger partial charge is 0.381 e. The van der Waals surface area contributed by atoms with Gasteiger partial charge in [-0.05, 0) is 36.7 Å². The van der Waals surface area contributed by atoms with E-state index in [1.807, 2.05) is 25.1 Å². The van der Waals surface area contributed by atoms with Crippen molar-refractivity contribution in [3.63, 3.8) is 0 Å². The van der Waals surface area contributed by atoms with E-state index in [4.69, 9.17) is 4.52 Å². The first-order chi connectivity index (χ1) is 10.7. The van der Waals surface area contributed by atoms with Gasteiger partial charge in [0.2, 0.25) is 5.89 Å². The minimum absolute atomic E-state index is 0.465. The number of aromatic nitrogens is 2. The number of likely N-dealkylation sites (tertiary alicyclic amines) is 1. The maximum atomic E-state index is 5.32. The second kappa shape index (κ2) is 6.79. The molecule has 0 bridgehead atoms. The first kappa shape index (κ1) is 14.8. The van der Waals surface area contributed by atoms with E-state index < -0.39 is 0 Å². The SMILES string of the molecule is CN(C)c1noc(CN2CCC[C@H](Nc3ccccc3)C2)n1. The van der Waals surface area contributed by atoms with E-state index in [9.17, 15) is 0 Å². The topological polar surface area (TPSA) is 57.4 Å². The van der Waals surface area contributed by atoms with E-state index in [0.717, 1.165) is 13.1 Å². The van der Waals surface area contributed by atoms with Gasteiger partial charge in [-0.25, -0.2) is 0 Å². The third-order valence-corrected chi connectivity index (χ3v) is 3.87. The van der Waals surface area contributed by atoms with Gasteiger partial charge in [0.25, 0.3) is 5.95 Å². The van der Waals surface area contributed by atoms with Crippen LogP contribution in [0.1, 0.15) is 18.7 Å². The van der Waals surface area contributed by atoms with Crippen LogP contribution < -0.4 is 10.2 Å². The van der Waals surface area contributed by atoms with Crippen LogP contribution in [-0.4, -0.2) is 48.3 Å². The van der Waals surface area contributed by atoms with Gasteiger partial charge in [-0.15, -0.1) is 0 Å². The van der Waals surface area contributed by atoms with E-state index in [1.165, 1.54) is 18.5 Å². The highest BCUT2D eigenvalue weighted by Gasteiger charge is 2.21. The highest BCUT2D eigenvalue weighted by atomic mass is 16.5. The second-order valence-corrected chi connectivity index (χ2v) is 5.97. The molecule has 0 saturated carbocycles. The Morgan fingerprint density at radius 3 is 2.86 bits per heavy atom. The summed E-state index contributed by atoms with van der Waals surface area (Å²) in [5, 5.41) is 7.57. The molecule has 1 aliphatic heterocycles. The summed E-state index contributed by atoms with van der Waals surface area (Å²) in [6.07, 6.45) is 2.37. The zero-order chi connectivity index (χ0) is 15.4. The van der Waals surface area contributed by atoms with Crippen molar-refractivity contribution in [2.75, 3.05) is 37.4 Å². The number of nitrogens with one attached hydrogen (secondary N) is 1. The molecule has 1 N–H and O–H groups in total. The maximum Gasteiger partial charge on any atom is 0.265 e. The van der Waals surface area contributed by atoms with Gasteiger partial charge in [0, 0.05) is 32.4 Å². The fourth-order valence-electron chi connectivity index (χ4n) is 2.77. The summed E-state index contributed by atoms with van der Waals surface area (Å²) in [4.78, 5) is 8.62. The van der Waals surface area contributed by atoms with Crippen LogP contribution in [0.3, 0.4) is 0 Å². The number of hydrogen-bond acceptors (Lipinski definition) is 6. The van der Waals surface area contributed by atoms with Gasteiger partial charge in [0.15, 0.2) is 0 Å². The van der Waals surface area contributed by atoms with Crippen molar-refractivity contribution >= 4 is 11.6 Å². The van der Waals surface area contributed by atoms with E-state index >= 15 is 0 Å². The lowest BCUT2D eigenvalue weighted by atomic mass is 10.1. The third-order valence-electron chi connectivity index (χ3n) is 3.87. The minimum atomic E-state index is 0.465. The molecule has 22 heavy (non-hydrogen) atoms. The van der Waals surface area contributed by atoms with Gasteiger partial charge < -0.3 is 14.7 Å². The van der Waals surface area contributed by atoms with E-state index in [1.54, 1.807) is 0 Å². The average Bonchev–Trinajstić information content (AvgIpc) is 2.97. The lowest BCUT2D eigenvalue weighted by molar-refractivity contribution is 0.184. The lowest BCUT2D eigenvalue weighted by Crippen LogP contribution is -2.41. The highest BCUT2D eigenvalue weighted by Crippen LogP contribution is 2.18. The Kier molecular flexibility index (Phi) is 4.58. The number of rotatable bonds is 5. The van der Waals surface area contributed by atoms with Crippen LogP contribution in [0, 0.1) is 0 Å². The summed E-state index contributed by atoms with van der Waals surface area (Å²) in [6.45, 7) is 2.79. The van der Waals surface area contributed by atoms with Crippen LogP contribution in [0.25, 0.3) is 0 Å². The second-order valence-electron chi connectivity index (χ2n) is 5.97. The van der Waals surface area contributed by atoms with Crippen LogP contribution in [0.4, 0.5) is 11.6 Å². The molecule has 1 fully saturated rings. The monoisotopic (exact) mass is 301 g/mol. The van der Waals surface area contributed by atoms with Crippen LogP contribution in [0.15, 0.2) is 34.9 Å². The van der Waals surface area contributed by atoms with Gasteiger partial charge in [-0.1, -0.05) is 18.2 Å². The molecule has 2 aromatic rings. The number of benzene rings is 1. The fraction of sp³-hybridized carbons (Fsp3) is 0.500. The molecule has 0 aliphatic carbocycles. The summed E-state index contributed by atoms with van der Waals surface area (Å²) >= 11 is 0. The fourth-order valence-corrected chi connectivity index (χ4v) is 2.77. The molecular weight excluding hydrogens is 278 g/mol. The standard InChI is InChI=1S/C16H23N5O/c1-20(2)16-18-15(22-19-16)12-21-10-6-9-14(11-21)17-13-7-4-3-5-8-13/h3-5,7-8,14,17H,6,9-12H2,1-2H3/t14-/m0/s1. The van der Waals surface area contributed by atoms with Crippen molar-refractivity contribution in [3.05, 3.63) is 36.2 Å². The molecule has 0 amide bonds. The zero-order valence-corrected chi connectivity index (χ0v) is 13.2. The normalized spacial score (nSPS) is 19.1. The number of para-hydroxylation sites is 1. The summed E-state index contributed by atoms with van der Waals surface area (Å²) < 4.78 is 5.32. The Hall–Kier alpha value is -2.08. The first-order valence-electron chi connectivity index (χ1n) is 7.74. The molecule has 1 aliphatic rings. The van der Waals surface area contributed by atoms with Gasteiger partial charge in [-0.2, -0.15) is 4.98 Å². The quantitative estimate of drug-likeness (QED) is 0.914. The predicted octanol–water partition coefficient (Wildman–Crippen LogP) is 2.21. The van der Waals surface area contributed by atoms with Gasteiger partial charge >= 0.3 is 0 Å². The van der Waals surface area contributed by atoms with Gasteiger partial charge in [0.05, 0.1) is 6.54 Å². The molecule has 0 radical (unpaired) electrons. The van der Waals surface area contributed by atoms with Crippen LogP contribution in [-0.2, 0) is 6.54 Å². The van der Waals surface area contributed by atoms with Gasteiger partial charge in [-0.3, -0.25) is 4.90 Å². The van der Waals surface area contributed by atoms with Crippen molar-refractivity contribution in [1.29, 1.82) is 0 Å². The molecule has 1 aromatic heterocycles. The van der Waals surface area contributed by atoms with Crippen molar-refractivity contribution < 1.29 is 4.52 Å². The molecule has 3 rings (SSSR count). The molecule has 118 valence electrons. The van der Waals surface area contributed by atoms with Crippen LogP contribution >= 0.6 is 0 Å². The van der Waals surface area contributed by atoms with Crippen molar-refractivity contribution in [1.82, 2.24) is 15.0 Å². The minimum Gasteiger partial charge on any atom is -0.381 e. The highest BCUT2D eigenvalue weighted by molar-refractivity contribution is 5.43. The van der Waals surface area contributed by atoms with Crippen LogP contribution in [0.2, 0.25) is 0 Å². The van der Waals surface area contributed by atoms with Crippen molar-refractivity contribution in [2.24, 2.45) is 0 Å². The van der Waals surface area contributed by atoms with Crippen molar-refractivity contribution in [2.45, 2.75) is 25.4 Å². The van der Waals surface area contributed by atoms with E-state index in [2.05, 4.69) is 44.6 Å². The zero-order valence-electron chi connectivity index (χ0n) is 13.2. The Morgan fingerprint density at radius 1 is 1.32 bits per heavy atom. The summed E-state index contributed by atoms with van der Waals surface area (Å²) in [5.41, 5.74) is 1.18. The molecule has 1 aromatic carbocycles. The molecule has 6 nitrogen and oxygen atoms in total. The summed E-state index contributed by atoms with van der Waals surface area (Å²) in [7, 11) is 3.82. The molecular formula is C16H23N5O. The number of hydrogen-bond donors (Lipinski definition) is 1. The number of anilines is 2. The molecule has 6 heteroatoms. The molecule has 0 spiro atoms. The Labute approximate surface area is 131 Å². The molecule has 1 atom stereocenters. The average molecular weight is 301 g/mol. The van der Waals surface area contributed by atoms with Gasteiger partial charge in [0.1, 0.15) is 0 Å². The number of nitrogens with zero attached hydrogens (tertiary/aromatic N) is 4. The predicted molar refractivity (Wildman–Crippen MR) is 87.0 cm³/mol. The Morgan fingerprint density at radius 2 is 2.14 bits per heavy atom. The summed E-state index contributed by atoms with van der Waals surface area (Å²) in [6, 6.07) is 10.8. The van der Waals surface area contributed by atoms with E-state index in [-0.39, 0.29) is 0 Å². The molecule has 0 unspecified atom stereocenters. The number of piperidine rings is 1. The maximum absolute atomic E-state index is 5.32. The molecule has 2 heterocycles. The molecule has 1 saturated heterocycles. The lowest BCUT2D eigenvalue weighted by Gasteiger charge is -2.32. The third kappa shape index (κ3) is 3.76. The van der Waals surface area contributed by atoms with Crippen LogP contribution in [0.5, 0.6) is 0 Å². The summed E-state index contributed by atoms with van der Waals surface area (Å²) in [5.74, 6) is 1.31.